The fourth-order valence-corrected chi connectivity index (χ4v) is 2.24. The number of rotatable bonds is 3. The van der Waals surface area contributed by atoms with Crippen molar-refractivity contribution in [3.8, 4) is 12.3 Å². The number of amidine groups is 1. The summed E-state index contributed by atoms with van der Waals surface area (Å²) in [4.78, 5) is 28.3. The zero-order valence-corrected chi connectivity index (χ0v) is 13.0. The number of aliphatic imine (C=N–C) groups is 1. The number of hydrogen-bond acceptors (Lipinski definition) is 3. The summed E-state index contributed by atoms with van der Waals surface area (Å²) in [5, 5.41) is 2.81. The summed E-state index contributed by atoms with van der Waals surface area (Å²) in [6, 6.07) is 17.3. The van der Waals surface area contributed by atoms with Crippen LogP contribution in [0.4, 0.5) is 0 Å². The molecule has 0 aliphatic heterocycles. The Morgan fingerprint density at radius 3 is 2.13 bits per heavy atom. The zero-order valence-electron chi connectivity index (χ0n) is 12.2. The van der Waals surface area contributed by atoms with Crippen LogP contribution in [0.15, 0.2) is 65.7 Å². The Bertz CT molecular complexity index is 750. The molecule has 23 heavy (non-hydrogen) atoms. The van der Waals surface area contributed by atoms with E-state index in [0.29, 0.717) is 16.9 Å². The average molecular weight is 322 g/mol. The van der Waals surface area contributed by atoms with Gasteiger partial charge in [0.1, 0.15) is 0 Å². The second kappa shape index (κ2) is 8.57. The molecule has 0 aliphatic carbocycles. The van der Waals surface area contributed by atoms with Crippen LogP contribution >= 0.6 is 11.8 Å². The Labute approximate surface area is 139 Å². The van der Waals surface area contributed by atoms with Gasteiger partial charge in [0, 0.05) is 11.1 Å². The summed E-state index contributed by atoms with van der Waals surface area (Å²) < 4.78 is 0. The highest BCUT2D eigenvalue weighted by molar-refractivity contribution is 8.14. The molecule has 4 nitrogen and oxygen atoms in total. The SMILES string of the molecule is C#CCSC(=NC(=O)c1ccccc1)NC(=O)c1ccccc1. The first kappa shape index (κ1) is 16.5. The molecule has 0 atom stereocenters. The second-order valence-electron chi connectivity index (χ2n) is 4.40. The molecule has 0 heterocycles. The number of benzene rings is 2. The van der Waals surface area contributed by atoms with Crippen LogP contribution in [0.2, 0.25) is 0 Å². The van der Waals surface area contributed by atoms with E-state index in [1.165, 1.54) is 0 Å². The molecule has 0 bridgehead atoms. The number of terminal acetylenes is 1. The molecule has 0 saturated heterocycles. The molecule has 0 fully saturated rings. The number of carbonyl (C=O) groups excluding carboxylic acids is 2. The van der Waals surface area contributed by atoms with Crippen molar-refractivity contribution in [1.29, 1.82) is 0 Å². The molecule has 114 valence electrons. The number of nitrogens with one attached hydrogen (secondary N) is 1. The van der Waals surface area contributed by atoms with Gasteiger partial charge in [-0.3, -0.25) is 9.59 Å². The lowest BCUT2D eigenvalue weighted by Crippen LogP contribution is -2.29. The maximum Gasteiger partial charge on any atom is 0.279 e. The molecule has 5 heteroatoms. The summed E-state index contributed by atoms with van der Waals surface area (Å²) >= 11 is 1.13. The molecule has 0 spiro atoms. The number of nitrogens with zero attached hydrogens (tertiary/aromatic N) is 1. The Morgan fingerprint density at radius 1 is 1.00 bits per heavy atom. The van der Waals surface area contributed by atoms with E-state index >= 15 is 0 Å². The summed E-state index contributed by atoms with van der Waals surface area (Å²) in [7, 11) is 0. The van der Waals surface area contributed by atoms with Crippen LogP contribution in [0.5, 0.6) is 0 Å². The predicted octanol–water partition coefficient (Wildman–Crippen LogP) is 2.98. The smallest absolute Gasteiger partial charge is 0.279 e. The van der Waals surface area contributed by atoms with Crippen LogP contribution in [0.3, 0.4) is 0 Å². The van der Waals surface area contributed by atoms with Crippen molar-refractivity contribution < 1.29 is 9.59 Å². The lowest BCUT2D eigenvalue weighted by atomic mass is 10.2. The zero-order chi connectivity index (χ0) is 16.5. The molecule has 0 aliphatic rings. The van der Waals surface area contributed by atoms with Crippen LogP contribution in [0.1, 0.15) is 20.7 Å². The third-order valence-electron chi connectivity index (χ3n) is 2.77. The summed E-state index contributed by atoms with van der Waals surface area (Å²) in [6.45, 7) is 0. The fraction of sp³-hybridized carbons (Fsp3) is 0.0556. The van der Waals surface area contributed by atoms with Crippen molar-refractivity contribution in [2.45, 2.75) is 0 Å². The topological polar surface area (TPSA) is 58.5 Å². The van der Waals surface area contributed by atoms with Gasteiger partial charge in [-0.1, -0.05) is 54.1 Å². The van der Waals surface area contributed by atoms with Gasteiger partial charge in [0.15, 0.2) is 5.17 Å². The first-order valence-corrected chi connectivity index (χ1v) is 7.80. The van der Waals surface area contributed by atoms with Crippen molar-refractivity contribution in [1.82, 2.24) is 5.32 Å². The first-order chi connectivity index (χ1) is 11.2. The molecular formula is C18H14N2O2S. The molecular weight excluding hydrogens is 308 g/mol. The van der Waals surface area contributed by atoms with E-state index in [0.717, 1.165) is 11.8 Å². The van der Waals surface area contributed by atoms with Crippen LogP contribution in [-0.2, 0) is 0 Å². The molecule has 1 N–H and O–H groups in total. The number of hydrogen-bond donors (Lipinski definition) is 1. The minimum atomic E-state index is -0.432. The Hall–Kier alpha value is -2.84. The fourth-order valence-electron chi connectivity index (χ4n) is 1.70. The van der Waals surface area contributed by atoms with E-state index in [2.05, 4.69) is 16.2 Å². The van der Waals surface area contributed by atoms with Gasteiger partial charge in [0.25, 0.3) is 11.8 Å². The average Bonchev–Trinajstić information content (AvgIpc) is 2.61. The molecule has 0 unspecified atom stereocenters. The van der Waals surface area contributed by atoms with Crippen molar-refractivity contribution in [3.63, 3.8) is 0 Å². The van der Waals surface area contributed by atoms with Gasteiger partial charge in [-0.25, -0.2) is 0 Å². The molecule has 0 saturated carbocycles. The van der Waals surface area contributed by atoms with Gasteiger partial charge < -0.3 is 5.32 Å². The predicted molar refractivity (Wildman–Crippen MR) is 93.4 cm³/mol. The van der Waals surface area contributed by atoms with Crippen molar-refractivity contribution in [3.05, 3.63) is 71.8 Å². The van der Waals surface area contributed by atoms with Gasteiger partial charge in [0.2, 0.25) is 0 Å². The highest BCUT2D eigenvalue weighted by Crippen LogP contribution is 2.07. The van der Waals surface area contributed by atoms with E-state index in [4.69, 9.17) is 6.42 Å². The van der Waals surface area contributed by atoms with Crippen molar-refractivity contribution >= 4 is 28.7 Å². The Kier molecular flexibility index (Phi) is 6.16. The Morgan fingerprint density at radius 2 is 1.57 bits per heavy atom. The van der Waals surface area contributed by atoms with Crippen LogP contribution in [0, 0.1) is 12.3 Å². The Balaban J connectivity index is 2.16. The van der Waals surface area contributed by atoms with Gasteiger partial charge in [-0.05, 0) is 24.3 Å². The number of carbonyl (C=O) groups is 2. The van der Waals surface area contributed by atoms with Crippen LogP contribution < -0.4 is 5.32 Å². The second-order valence-corrected chi connectivity index (χ2v) is 5.37. The lowest BCUT2D eigenvalue weighted by molar-refractivity contribution is 0.0978. The maximum absolute atomic E-state index is 12.2. The van der Waals surface area contributed by atoms with E-state index in [1.807, 2.05) is 12.1 Å². The summed E-state index contributed by atoms with van der Waals surface area (Å²) in [5.74, 6) is 1.98. The maximum atomic E-state index is 12.2. The van der Waals surface area contributed by atoms with E-state index in [1.54, 1.807) is 48.5 Å². The third-order valence-corrected chi connectivity index (χ3v) is 3.55. The minimum Gasteiger partial charge on any atom is -0.301 e. The molecule has 2 aromatic rings. The highest BCUT2D eigenvalue weighted by Gasteiger charge is 2.11. The van der Waals surface area contributed by atoms with E-state index < -0.39 is 5.91 Å². The monoisotopic (exact) mass is 322 g/mol. The van der Waals surface area contributed by atoms with Gasteiger partial charge in [0.05, 0.1) is 5.75 Å². The molecule has 2 amide bonds. The normalized spacial score (nSPS) is 10.7. The van der Waals surface area contributed by atoms with Crippen LogP contribution in [-0.4, -0.2) is 22.7 Å². The largest absolute Gasteiger partial charge is 0.301 e. The lowest BCUT2D eigenvalue weighted by Gasteiger charge is -2.07. The number of thioether (sulfide) groups is 1. The molecule has 0 radical (unpaired) electrons. The molecule has 0 aromatic heterocycles. The van der Waals surface area contributed by atoms with Crippen LogP contribution in [0.25, 0.3) is 0 Å². The first-order valence-electron chi connectivity index (χ1n) is 6.81. The molecule has 2 rings (SSSR count). The van der Waals surface area contributed by atoms with E-state index in [9.17, 15) is 9.59 Å². The van der Waals surface area contributed by atoms with E-state index in [-0.39, 0.29) is 11.1 Å². The van der Waals surface area contributed by atoms with Crippen molar-refractivity contribution in [2.24, 2.45) is 4.99 Å². The minimum absolute atomic E-state index is 0.186. The number of amides is 2. The third kappa shape index (κ3) is 5.13. The standard InChI is InChI=1S/C18H14N2O2S/c1-2-13-23-18(19-16(21)14-9-5-3-6-10-14)20-17(22)15-11-7-4-8-12-15/h1,3-12H,13H2,(H,19,20,21,22). The quantitative estimate of drug-likeness (QED) is 0.537. The summed E-state index contributed by atoms with van der Waals surface area (Å²) in [5.41, 5.74) is 0.925. The highest BCUT2D eigenvalue weighted by atomic mass is 32.2. The molecule has 2 aromatic carbocycles. The van der Waals surface area contributed by atoms with Gasteiger partial charge in [-0.15, -0.1) is 6.42 Å². The summed E-state index contributed by atoms with van der Waals surface area (Å²) in [6.07, 6.45) is 5.24. The van der Waals surface area contributed by atoms with Crippen molar-refractivity contribution in [2.75, 3.05) is 5.75 Å². The van der Waals surface area contributed by atoms with Gasteiger partial charge >= 0.3 is 0 Å². The van der Waals surface area contributed by atoms with Gasteiger partial charge in [-0.2, -0.15) is 4.99 Å².